The molecule has 0 unspecified atom stereocenters. The Balaban J connectivity index is 1.89. The van der Waals surface area contributed by atoms with Gasteiger partial charge in [-0.2, -0.15) is 0 Å². The molecular weight excluding hydrogens is 240 g/mol. The summed E-state index contributed by atoms with van der Waals surface area (Å²) in [4.78, 5) is 11.2. The molecule has 0 atom stereocenters. The summed E-state index contributed by atoms with van der Waals surface area (Å²) in [6, 6.07) is 1.96. The summed E-state index contributed by atoms with van der Waals surface area (Å²) < 4.78 is 5.09. The standard InChI is InChI=1S/C14H18N4O/c1-9-12(15)16-13(11-3-4-11)17-14(9)18(2)7-10-5-6-19-8-10/h5-6,8,11H,3-4,7H2,1-2H3,(H2,15,16,17). The van der Waals surface area contributed by atoms with Crippen LogP contribution in [0.25, 0.3) is 0 Å². The van der Waals surface area contributed by atoms with E-state index < -0.39 is 0 Å². The Morgan fingerprint density at radius 1 is 1.42 bits per heavy atom. The fourth-order valence-corrected chi connectivity index (χ4v) is 2.17. The minimum Gasteiger partial charge on any atom is -0.472 e. The highest BCUT2D eigenvalue weighted by molar-refractivity contribution is 5.56. The van der Waals surface area contributed by atoms with Crippen molar-refractivity contribution >= 4 is 11.6 Å². The number of nitrogens with two attached hydrogens (primary N) is 1. The molecule has 0 spiro atoms. The highest BCUT2D eigenvalue weighted by atomic mass is 16.3. The third-order valence-electron chi connectivity index (χ3n) is 3.48. The molecule has 1 fully saturated rings. The molecule has 1 aliphatic carbocycles. The van der Waals surface area contributed by atoms with Crippen LogP contribution in [-0.4, -0.2) is 17.0 Å². The van der Waals surface area contributed by atoms with E-state index in [0.29, 0.717) is 11.7 Å². The number of furan rings is 1. The second kappa shape index (κ2) is 4.57. The Labute approximate surface area is 112 Å². The molecule has 0 bridgehead atoms. The second-order valence-corrected chi connectivity index (χ2v) is 5.18. The maximum atomic E-state index is 6.00. The van der Waals surface area contributed by atoms with Crippen LogP contribution in [-0.2, 0) is 6.54 Å². The molecule has 2 N–H and O–H groups in total. The van der Waals surface area contributed by atoms with Crippen LogP contribution in [0.3, 0.4) is 0 Å². The van der Waals surface area contributed by atoms with Gasteiger partial charge in [-0.15, -0.1) is 0 Å². The van der Waals surface area contributed by atoms with Crippen LogP contribution in [0.1, 0.15) is 35.7 Å². The summed E-state index contributed by atoms with van der Waals surface area (Å²) in [5, 5.41) is 0. The molecule has 100 valence electrons. The first kappa shape index (κ1) is 12.0. The van der Waals surface area contributed by atoms with E-state index in [2.05, 4.69) is 14.9 Å². The zero-order chi connectivity index (χ0) is 13.4. The molecule has 1 aliphatic rings. The molecule has 0 aromatic carbocycles. The van der Waals surface area contributed by atoms with Gasteiger partial charge in [0.15, 0.2) is 0 Å². The Bertz CT molecular complexity index is 575. The fourth-order valence-electron chi connectivity index (χ4n) is 2.17. The van der Waals surface area contributed by atoms with Gasteiger partial charge < -0.3 is 15.1 Å². The predicted molar refractivity (Wildman–Crippen MR) is 74.0 cm³/mol. The van der Waals surface area contributed by atoms with E-state index in [1.54, 1.807) is 12.5 Å². The lowest BCUT2D eigenvalue weighted by molar-refractivity contribution is 0.563. The van der Waals surface area contributed by atoms with E-state index in [9.17, 15) is 0 Å². The number of nitrogens with zero attached hydrogens (tertiary/aromatic N) is 3. The quantitative estimate of drug-likeness (QED) is 0.912. The predicted octanol–water partition coefficient (Wildman–Crippen LogP) is 2.47. The van der Waals surface area contributed by atoms with Gasteiger partial charge in [-0.05, 0) is 25.8 Å². The van der Waals surface area contributed by atoms with Crippen molar-refractivity contribution in [3.05, 3.63) is 35.5 Å². The van der Waals surface area contributed by atoms with Crippen LogP contribution in [0, 0.1) is 6.92 Å². The molecule has 2 aromatic rings. The summed E-state index contributed by atoms with van der Waals surface area (Å²) in [6.45, 7) is 2.71. The van der Waals surface area contributed by atoms with Gasteiger partial charge in [0.2, 0.25) is 0 Å². The number of nitrogen functional groups attached to an aromatic ring is 1. The molecule has 2 heterocycles. The van der Waals surface area contributed by atoms with Gasteiger partial charge in [0.05, 0.1) is 12.5 Å². The summed E-state index contributed by atoms with van der Waals surface area (Å²) in [7, 11) is 2.01. The van der Waals surface area contributed by atoms with Gasteiger partial charge in [-0.3, -0.25) is 0 Å². The normalized spacial score (nSPS) is 14.6. The molecule has 0 saturated heterocycles. The number of aromatic nitrogens is 2. The third-order valence-corrected chi connectivity index (χ3v) is 3.48. The maximum Gasteiger partial charge on any atom is 0.137 e. The topological polar surface area (TPSA) is 68.2 Å². The monoisotopic (exact) mass is 258 g/mol. The van der Waals surface area contributed by atoms with Gasteiger partial charge >= 0.3 is 0 Å². The van der Waals surface area contributed by atoms with Gasteiger partial charge in [0.25, 0.3) is 0 Å². The lowest BCUT2D eigenvalue weighted by atomic mass is 10.2. The Morgan fingerprint density at radius 3 is 2.84 bits per heavy atom. The van der Waals surface area contributed by atoms with Crippen molar-refractivity contribution in [1.29, 1.82) is 0 Å². The minimum absolute atomic E-state index is 0.504. The van der Waals surface area contributed by atoms with Gasteiger partial charge in [-0.25, -0.2) is 9.97 Å². The van der Waals surface area contributed by atoms with Gasteiger partial charge in [-0.1, -0.05) is 0 Å². The smallest absolute Gasteiger partial charge is 0.137 e. The molecule has 3 rings (SSSR count). The Kier molecular flexibility index (Phi) is 2.89. The zero-order valence-electron chi connectivity index (χ0n) is 11.3. The first-order chi connectivity index (χ1) is 9.15. The Morgan fingerprint density at radius 2 is 2.21 bits per heavy atom. The highest BCUT2D eigenvalue weighted by Gasteiger charge is 2.28. The average Bonchev–Trinajstić information content (AvgIpc) is 3.11. The summed E-state index contributed by atoms with van der Waals surface area (Å²) >= 11 is 0. The molecule has 2 aromatic heterocycles. The number of hydrogen-bond acceptors (Lipinski definition) is 5. The highest BCUT2D eigenvalue weighted by Crippen LogP contribution is 2.39. The maximum absolute atomic E-state index is 6.00. The molecular formula is C14H18N4O. The molecule has 0 aliphatic heterocycles. The largest absolute Gasteiger partial charge is 0.472 e. The van der Waals surface area contributed by atoms with E-state index in [1.165, 1.54) is 12.8 Å². The summed E-state index contributed by atoms with van der Waals surface area (Å²) in [6.07, 6.45) is 5.78. The van der Waals surface area contributed by atoms with E-state index in [-0.39, 0.29) is 0 Å². The average molecular weight is 258 g/mol. The van der Waals surface area contributed by atoms with Crippen molar-refractivity contribution < 1.29 is 4.42 Å². The van der Waals surface area contributed by atoms with E-state index in [4.69, 9.17) is 10.2 Å². The molecule has 5 nitrogen and oxygen atoms in total. The Hall–Kier alpha value is -2.04. The van der Waals surface area contributed by atoms with Crippen molar-refractivity contribution in [3.63, 3.8) is 0 Å². The molecule has 19 heavy (non-hydrogen) atoms. The number of anilines is 2. The van der Waals surface area contributed by atoms with E-state index >= 15 is 0 Å². The van der Waals surface area contributed by atoms with E-state index in [1.807, 2.05) is 20.0 Å². The molecule has 1 saturated carbocycles. The van der Waals surface area contributed by atoms with Crippen LogP contribution in [0.4, 0.5) is 11.6 Å². The summed E-state index contributed by atoms with van der Waals surface area (Å²) in [5.74, 6) is 2.89. The van der Waals surface area contributed by atoms with Crippen molar-refractivity contribution in [3.8, 4) is 0 Å². The number of rotatable bonds is 4. The van der Waals surface area contributed by atoms with Crippen molar-refractivity contribution in [2.24, 2.45) is 0 Å². The van der Waals surface area contributed by atoms with Crippen molar-refractivity contribution in [2.75, 3.05) is 17.7 Å². The SMILES string of the molecule is Cc1c(N)nc(C2CC2)nc1N(C)Cc1ccoc1. The van der Waals surface area contributed by atoms with Crippen molar-refractivity contribution in [2.45, 2.75) is 32.2 Å². The van der Waals surface area contributed by atoms with Crippen LogP contribution < -0.4 is 10.6 Å². The van der Waals surface area contributed by atoms with Crippen LogP contribution in [0.15, 0.2) is 23.0 Å². The molecule has 0 radical (unpaired) electrons. The lowest BCUT2D eigenvalue weighted by Crippen LogP contribution is -2.20. The zero-order valence-corrected chi connectivity index (χ0v) is 11.3. The van der Waals surface area contributed by atoms with Crippen LogP contribution >= 0.6 is 0 Å². The third kappa shape index (κ3) is 2.41. The molecule has 5 heteroatoms. The second-order valence-electron chi connectivity index (χ2n) is 5.18. The molecule has 0 amide bonds. The van der Waals surface area contributed by atoms with Crippen molar-refractivity contribution in [1.82, 2.24) is 9.97 Å². The number of hydrogen-bond donors (Lipinski definition) is 1. The minimum atomic E-state index is 0.504. The van der Waals surface area contributed by atoms with Gasteiger partial charge in [0.1, 0.15) is 17.5 Å². The van der Waals surface area contributed by atoms with Crippen LogP contribution in [0.2, 0.25) is 0 Å². The van der Waals surface area contributed by atoms with E-state index in [0.717, 1.165) is 29.3 Å². The first-order valence-electron chi connectivity index (χ1n) is 6.51. The van der Waals surface area contributed by atoms with Gasteiger partial charge in [0, 0.05) is 30.6 Å². The fraction of sp³-hybridized carbons (Fsp3) is 0.429. The summed E-state index contributed by atoms with van der Waals surface area (Å²) in [5.41, 5.74) is 8.06. The van der Waals surface area contributed by atoms with Crippen LogP contribution in [0.5, 0.6) is 0 Å². The lowest BCUT2D eigenvalue weighted by Gasteiger charge is -2.20. The first-order valence-corrected chi connectivity index (χ1v) is 6.51.